The predicted octanol–water partition coefficient (Wildman–Crippen LogP) is 0.344. The molecule has 9 heteroatoms. The number of imide groups is 3. The van der Waals surface area contributed by atoms with E-state index in [1.165, 1.54) is 0 Å². The summed E-state index contributed by atoms with van der Waals surface area (Å²) >= 11 is 0. The molecule has 7 amide bonds. The number of carbonyl (C=O) groups excluding carboxylic acids is 5. The van der Waals surface area contributed by atoms with Crippen LogP contribution in [0.5, 0.6) is 0 Å². The molecular formula is C15H22N4O5. The number of nitrogens with zero attached hydrogens (tertiary/aromatic N) is 2. The maximum Gasteiger partial charge on any atom is 0.334 e. The van der Waals surface area contributed by atoms with Gasteiger partial charge < -0.3 is 5.32 Å². The number of hydrogen-bond donors (Lipinski definition) is 2. The van der Waals surface area contributed by atoms with Gasteiger partial charge in [-0.3, -0.25) is 24.6 Å². The van der Waals surface area contributed by atoms with E-state index in [2.05, 4.69) is 5.32 Å². The van der Waals surface area contributed by atoms with Crippen LogP contribution in [0.2, 0.25) is 0 Å². The van der Waals surface area contributed by atoms with Crippen LogP contribution in [0.1, 0.15) is 46.0 Å². The van der Waals surface area contributed by atoms with Crippen LogP contribution in [-0.4, -0.2) is 58.2 Å². The Balaban J connectivity index is 1.95. The third kappa shape index (κ3) is 3.72. The molecule has 1 heterocycles. The molecule has 2 N–H and O–H groups in total. The van der Waals surface area contributed by atoms with Crippen molar-refractivity contribution < 1.29 is 24.0 Å². The van der Waals surface area contributed by atoms with Gasteiger partial charge in [0.2, 0.25) is 5.91 Å². The van der Waals surface area contributed by atoms with Gasteiger partial charge in [-0.15, -0.1) is 0 Å². The van der Waals surface area contributed by atoms with Crippen LogP contribution < -0.4 is 10.6 Å². The summed E-state index contributed by atoms with van der Waals surface area (Å²) in [7, 11) is 0. The largest absolute Gasteiger partial charge is 0.335 e. The molecule has 0 spiro atoms. The van der Waals surface area contributed by atoms with Crippen LogP contribution in [-0.2, 0) is 14.4 Å². The second kappa shape index (κ2) is 7.41. The molecule has 1 aliphatic heterocycles. The van der Waals surface area contributed by atoms with Gasteiger partial charge in [-0.2, -0.15) is 0 Å². The maximum absolute atomic E-state index is 12.3. The second-order valence-corrected chi connectivity index (χ2v) is 6.12. The first-order chi connectivity index (χ1) is 11.3. The van der Waals surface area contributed by atoms with Crippen LogP contribution in [0.15, 0.2) is 0 Å². The van der Waals surface area contributed by atoms with Gasteiger partial charge >= 0.3 is 23.9 Å². The van der Waals surface area contributed by atoms with Gasteiger partial charge in [-0.05, 0) is 26.2 Å². The first-order valence-electron chi connectivity index (χ1n) is 8.14. The Kier molecular flexibility index (Phi) is 5.53. The normalized spacial score (nSPS) is 19.8. The summed E-state index contributed by atoms with van der Waals surface area (Å²) in [6.45, 7) is 2.99. The number of urea groups is 2. The minimum Gasteiger partial charge on any atom is -0.335 e. The fraction of sp³-hybridized carbons (Fsp3) is 0.667. The summed E-state index contributed by atoms with van der Waals surface area (Å²) in [5, 5.41) is 4.58. The molecule has 1 atom stereocenters. The highest BCUT2D eigenvalue weighted by atomic mass is 16.2. The molecule has 0 aromatic rings. The highest BCUT2D eigenvalue weighted by Crippen LogP contribution is 2.27. The average Bonchev–Trinajstić information content (AvgIpc) is 3.11. The van der Waals surface area contributed by atoms with Crippen molar-refractivity contribution in [3.05, 3.63) is 0 Å². The number of rotatable bonds is 5. The quantitative estimate of drug-likeness (QED) is 0.554. The van der Waals surface area contributed by atoms with E-state index in [1.54, 1.807) is 6.92 Å². The molecule has 132 valence electrons. The molecule has 0 aromatic heterocycles. The number of carbonyl (C=O) groups is 5. The van der Waals surface area contributed by atoms with Crippen molar-refractivity contribution in [3.8, 4) is 0 Å². The molecule has 2 rings (SSSR count). The minimum atomic E-state index is -1.02. The summed E-state index contributed by atoms with van der Waals surface area (Å²) in [6.07, 6.45) is 3.82. The maximum atomic E-state index is 12.3. The lowest BCUT2D eigenvalue weighted by Gasteiger charge is -2.20. The van der Waals surface area contributed by atoms with Crippen molar-refractivity contribution in [2.45, 2.75) is 58.0 Å². The zero-order chi connectivity index (χ0) is 17.9. The van der Waals surface area contributed by atoms with E-state index in [4.69, 9.17) is 0 Å². The number of amides is 7. The van der Waals surface area contributed by atoms with Gasteiger partial charge in [0.1, 0.15) is 6.54 Å². The third-order valence-corrected chi connectivity index (χ3v) is 4.32. The highest BCUT2D eigenvalue weighted by Gasteiger charge is 2.48. The second-order valence-electron chi connectivity index (χ2n) is 6.12. The van der Waals surface area contributed by atoms with Crippen molar-refractivity contribution in [1.29, 1.82) is 0 Å². The van der Waals surface area contributed by atoms with E-state index >= 15 is 0 Å². The molecule has 1 aliphatic carbocycles. The first-order valence-corrected chi connectivity index (χ1v) is 8.14. The molecule has 24 heavy (non-hydrogen) atoms. The SMILES string of the molecule is CC[C@@H](C)NC(=O)NC(=O)CN1C(=O)C(=O)N(C2CCCC2)C1=O. The van der Waals surface area contributed by atoms with E-state index in [9.17, 15) is 24.0 Å². The Morgan fingerprint density at radius 3 is 2.38 bits per heavy atom. The molecule has 0 unspecified atom stereocenters. The van der Waals surface area contributed by atoms with E-state index < -0.39 is 36.3 Å². The Morgan fingerprint density at radius 1 is 1.17 bits per heavy atom. The fourth-order valence-electron chi connectivity index (χ4n) is 2.82. The summed E-state index contributed by atoms with van der Waals surface area (Å²) in [5.41, 5.74) is 0. The molecule has 0 bridgehead atoms. The molecular weight excluding hydrogens is 316 g/mol. The van der Waals surface area contributed by atoms with Crippen LogP contribution in [0.3, 0.4) is 0 Å². The lowest BCUT2D eigenvalue weighted by molar-refractivity contribution is -0.144. The monoisotopic (exact) mass is 338 g/mol. The summed E-state index contributed by atoms with van der Waals surface area (Å²) in [4.78, 5) is 61.2. The zero-order valence-corrected chi connectivity index (χ0v) is 13.8. The number of hydrogen-bond acceptors (Lipinski definition) is 5. The van der Waals surface area contributed by atoms with Gasteiger partial charge in [0, 0.05) is 12.1 Å². The molecule has 2 fully saturated rings. The average molecular weight is 338 g/mol. The molecule has 0 aromatic carbocycles. The molecule has 2 aliphatic rings. The van der Waals surface area contributed by atoms with Crippen LogP contribution in [0.25, 0.3) is 0 Å². The Hall–Kier alpha value is -2.45. The fourth-order valence-corrected chi connectivity index (χ4v) is 2.82. The Bertz CT molecular complexity index is 570. The van der Waals surface area contributed by atoms with Gasteiger partial charge in [0.15, 0.2) is 0 Å². The zero-order valence-electron chi connectivity index (χ0n) is 13.8. The topological polar surface area (TPSA) is 116 Å². The van der Waals surface area contributed by atoms with E-state index in [-0.39, 0.29) is 12.1 Å². The van der Waals surface area contributed by atoms with Crippen molar-refractivity contribution >= 4 is 29.8 Å². The molecule has 1 saturated carbocycles. The third-order valence-electron chi connectivity index (χ3n) is 4.32. The Morgan fingerprint density at radius 2 is 1.79 bits per heavy atom. The summed E-state index contributed by atoms with van der Waals surface area (Å²) < 4.78 is 0. The number of nitrogens with one attached hydrogen (secondary N) is 2. The lowest BCUT2D eigenvalue weighted by atomic mass is 10.2. The van der Waals surface area contributed by atoms with Crippen LogP contribution in [0.4, 0.5) is 9.59 Å². The van der Waals surface area contributed by atoms with Crippen molar-refractivity contribution in [3.63, 3.8) is 0 Å². The van der Waals surface area contributed by atoms with Gasteiger partial charge in [0.25, 0.3) is 0 Å². The van der Waals surface area contributed by atoms with Gasteiger partial charge in [-0.25, -0.2) is 14.5 Å². The highest BCUT2D eigenvalue weighted by molar-refractivity contribution is 6.45. The molecule has 1 saturated heterocycles. The van der Waals surface area contributed by atoms with E-state index in [0.29, 0.717) is 24.2 Å². The van der Waals surface area contributed by atoms with E-state index in [1.807, 2.05) is 12.2 Å². The first kappa shape index (κ1) is 17.9. The van der Waals surface area contributed by atoms with Crippen LogP contribution in [0, 0.1) is 0 Å². The van der Waals surface area contributed by atoms with Crippen LogP contribution >= 0.6 is 0 Å². The minimum absolute atomic E-state index is 0.118. The standard InChI is InChI=1S/C15H22N4O5/c1-3-9(2)16-14(23)17-11(20)8-18-12(21)13(22)19(15(18)24)10-6-4-5-7-10/h9-10H,3-8H2,1-2H3,(H2,16,17,20,23)/t9-/m1/s1. The lowest BCUT2D eigenvalue weighted by Crippen LogP contribution is -2.48. The summed E-state index contributed by atoms with van der Waals surface area (Å²) in [5.74, 6) is -2.74. The summed E-state index contributed by atoms with van der Waals surface area (Å²) in [6, 6.07) is -1.88. The van der Waals surface area contributed by atoms with Crippen molar-refractivity contribution in [2.75, 3.05) is 6.54 Å². The Labute approximate surface area is 139 Å². The smallest absolute Gasteiger partial charge is 0.334 e. The van der Waals surface area contributed by atoms with E-state index in [0.717, 1.165) is 17.7 Å². The van der Waals surface area contributed by atoms with Gasteiger partial charge in [0.05, 0.1) is 0 Å². The van der Waals surface area contributed by atoms with Gasteiger partial charge in [-0.1, -0.05) is 19.8 Å². The van der Waals surface area contributed by atoms with Crippen molar-refractivity contribution in [2.24, 2.45) is 0 Å². The molecule has 0 radical (unpaired) electrons. The molecule has 9 nitrogen and oxygen atoms in total. The predicted molar refractivity (Wildman–Crippen MR) is 82.6 cm³/mol. The van der Waals surface area contributed by atoms with Crippen molar-refractivity contribution in [1.82, 2.24) is 20.4 Å².